The van der Waals surface area contributed by atoms with Crippen LogP contribution in [0, 0.1) is 0 Å². The summed E-state index contributed by atoms with van der Waals surface area (Å²) in [6.45, 7) is 3.72. The zero-order chi connectivity index (χ0) is 15.1. The van der Waals surface area contributed by atoms with E-state index >= 15 is 0 Å². The highest BCUT2D eigenvalue weighted by atomic mass is 32.1. The normalized spacial score (nSPS) is 22.3. The molecule has 2 fully saturated rings. The minimum absolute atomic E-state index is 0.115. The molecule has 0 aliphatic carbocycles. The summed E-state index contributed by atoms with van der Waals surface area (Å²) >= 11 is 1.17. The zero-order valence-electron chi connectivity index (χ0n) is 11.7. The Kier molecular flexibility index (Phi) is 3.50. The third-order valence-electron chi connectivity index (χ3n) is 4.27. The van der Waals surface area contributed by atoms with Gasteiger partial charge in [-0.25, -0.2) is 0 Å². The van der Waals surface area contributed by atoms with Crippen molar-refractivity contribution in [2.45, 2.75) is 18.9 Å². The van der Waals surface area contributed by atoms with Gasteiger partial charge in [0.2, 0.25) is 0 Å². The lowest BCUT2D eigenvalue weighted by Gasteiger charge is -2.38. The molecular formula is C13H19N5O2S. The van der Waals surface area contributed by atoms with Crippen LogP contribution in [0.3, 0.4) is 0 Å². The van der Waals surface area contributed by atoms with Crippen LogP contribution >= 0.6 is 11.3 Å². The van der Waals surface area contributed by atoms with Gasteiger partial charge >= 0.3 is 0 Å². The van der Waals surface area contributed by atoms with Crippen LogP contribution in [0.1, 0.15) is 32.9 Å². The van der Waals surface area contributed by atoms with Crippen molar-refractivity contribution in [2.24, 2.45) is 11.5 Å². The summed E-state index contributed by atoms with van der Waals surface area (Å²) < 4.78 is 0. The molecule has 3 rings (SSSR count). The van der Waals surface area contributed by atoms with Crippen molar-refractivity contribution in [3.05, 3.63) is 10.4 Å². The van der Waals surface area contributed by atoms with Gasteiger partial charge in [0.05, 0.1) is 11.3 Å². The molecule has 7 nitrogen and oxygen atoms in total. The molecule has 1 atom stereocenters. The van der Waals surface area contributed by atoms with Gasteiger partial charge in [-0.1, -0.05) is 0 Å². The molecule has 8 heteroatoms. The number of amides is 2. The maximum atomic E-state index is 11.7. The number of hydrogen-bond donors (Lipinski definition) is 3. The van der Waals surface area contributed by atoms with E-state index in [0.29, 0.717) is 11.0 Å². The van der Waals surface area contributed by atoms with Crippen LogP contribution < -0.4 is 22.1 Å². The molecule has 0 spiro atoms. The van der Waals surface area contributed by atoms with E-state index in [1.807, 2.05) is 0 Å². The van der Waals surface area contributed by atoms with Gasteiger partial charge in [0.25, 0.3) is 11.8 Å². The highest BCUT2D eigenvalue weighted by Gasteiger charge is 2.34. The number of hydrogen-bond acceptors (Lipinski definition) is 6. The molecule has 1 aromatic heterocycles. The van der Waals surface area contributed by atoms with Gasteiger partial charge in [-0.2, -0.15) is 0 Å². The summed E-state index contributed by atoms with van der Waals surface area (Å²) in [5, 5.41) is 0.681. The molecule has 3 heterocycles. The van der Waals surface area contributed by atoms with Gasteiger partial charge in [0.15, 0.2) is 0 Å². The van der Waals surface area contributed by atoms with E-state index in [1.165, 1.54) is 17.8 Å². The Morgan fingerprint density at radius 2 is 1.90 bits per heavy atom. The Hall–Kier alpha value is -1.80. The summed E-state index contributed by atoms with van der Waals surface area (Å²) in [6, 6.07) is 0.500. The number of nitrogens with two attached hydrogens (primary N) is 3. The average molecular weight is 309 g/mol. The third kappa shape index (κ3) is 2.34. The first-order chi connectivity index (χ1) is 9.99. The molecule has 0 radical (unpaired) electrons. The summed E-state index contributed by atoms with van der Waals surface area (Å²) in [6.07, 6.45) is 2.37. The number of thiophene rings is 1. The van der Waals surface area contributed by atoms with Crippen LogP contribution in [0.4, 0.5) is 10.7 Å². The van der Waals surface area contributed by atoms with Crippen molar-refractivity contribution in [2.75, 3.05) is 36.8 Å². The molecule has 2 aliphatic rings. The minimum atomic E-state index is -0.620. The van der Waals surface area contributed by atoms with Crippen molar-refractivity contribution < 1.29 is 9.59 Å². The molecule has 2 amide bonds. The largest absolute Gasteiger partial charge is 0.397 e. The van der Waals surface area contributed by atoms with Crippen molar-refractivity contribution >= 4 is 33.8 Å². The Morgan fingerprint density at radius 3 is 2.57 bits per heavy atom. The van der Waals surface area contributed by atoms with E-state index in [4.69, 9.17) is 17.2 Å². The Labute approximate surface area is 126 Å². The van der Waals surface area contributed by atoms with E-state index in [-0.39, 0.29) is 16.1 Å². The lowest BCUT2D eigenvalue weighted by Crippen LogP contribution is -2.50. The molecule has 1 unspecified atom stereocenters. The lowest BCUT2D eigenvalue weighted by atomic mass is 10.1. The highest BCUT2D eigenvalue weighted by molar-refractivity contribution is 7.19. The summed E-state index contributed by atoms with van der Waals surface area (Å²) in [5.41, 5.74) is 17.0. The van der Waals surface area contributed by atoms with Crippen LogP contribution in [-0.2, 0) is 0 Å². The van der Waals surface area contributed by atoms with Gasteiger partial charge in [0.1, 0.15) is 9.88 Å². The number of nitrogen functional groups attached to an aromatic ring is 1. The molecular weight excluding hydrogens is 290 g/mol. The zero-order valence-corrected chi connectivity index (χ0v) is 12.5. The van der Waals surface area contributed by atoms with E-state index in [1.54, 1.807) is 0 Å². The van der Waals surface area contributed by atoms with Gasteiger partial charge in [0, 0.05) is 25.7 Å². The predicted octanol–water partition coefficient (Wildman–Crippen LogP) is -0.187. The number of carbonyl (C=O) groups is 2. The molecule has 114 valence electrons. The molecule has 0 bridgehead atoms. The van der Waals surface area contributed by atoms with Crippen molar-refractivity contribution in [3.63, 3.8) is 0 Å². The molecule has 1 aromatic rings. The monoisotopic (exact) mass is 309 g/mol. The number of anilines is 2. The van der Waals surface area contributed by atoms with Crippen LogP contribution in [-0.4, -0.2) is 48.9 Å². The standard InChI is InChI=1S/C13H19N5O2S/c14-9-8(11(15)19)13(21-10(9)12(16)20)18-5-4-17-3-1-2-7(17)6-18/h7H,1-6,14H2,(H2,15,19)(H2,16,20). The fourth-order valence-electron chi connectivity index (χ4n) is 3.25. The summed E-state index contributed by atoms with van der Waals surface area (Å²) in [5.74, 6) is -1.23. The van der Waals surface area contributed by atoms with E-state index < -0.39 is 11.8 Å². The Morgan fingerprint density at radius 1 is 1.14 bits per heavy atom. The van der Waals surface area contributed by atoms with Gasteiger partial charge < -0.3 is 22.1 Å². The smallest absolute Gasteiger partial charge is 0.260 e. The van der Waals surface area contributed by atoms with Crippen LogP contribution in [0.5, 0.6) is 0 Å². The fourth-order valence-corrected chi connectivity index (χ4v) is 4.36. The average Bonchev–Trinajstić information content (AvgIpc) is 3.01. The fraction of sp³-hybridized carbons (Fsp3) is 0.538. The predicted molar refractivity (Wildman–Crippen MR) is 82.6 cm³/mol. The topological polar surface area (TPSA) is 119 Å². The molecule has 6 N–H and O–H groups in total. The van der Waals surface area contributed by atoms with E-state index in [9.17, 15) is 9.59 Å². The van der Waals surface area contributed by atoms with Crippen molar-refractivity contribution in [3.8, 4) is 0 Å². The van der Waals surface area contributed by atoms with E-state index in [2.05, 4.69) is 9.80 Å². The quantitative estimate of drug-likeness (QED) is 0.715. The van der Waals surface area contributed by atoms with Crippen LogP contribution in [0.25, 0.3) is 0 Å². The van der Waals surface area contributed by atoms with E-state index in [0.717, 1.165) is 32.6 Å². The van der Waals surface area contributed by atoms with Crippen LogP contribution in [0.2, 0.25) is 0 Å². The first-order valence-electron chi connectivity index (χ1n) is 7.00. The Bertz CT molecular complexity index is 600. The second-order valence-electron chi connectivity index (χ2n) is 5.53. The minimum Gasteiger partial charge on any atom is -0.397 e. The molecule has 2 aliphatic heterocycles. The molecule has 0 aromatic carbocycles. The van der Waals surface area contributed by atoms with Crippen molar-refractivity contribution in [1.29, 1.82) is 0 Å². The van der Waals surface area contributed by atoms with Crippen molar-refractivity contribution in [1.82, 2.24) is 4.90 Å². The Balaban J connectivity index is 1.96. The second-order valence-corrected chi connectivity index (χ2v) is 6.53. The maximum Gasteiger partial charge on any atom is 0.260 e. The highest BCUT2D eigenvalue weighted by Crippen LogP contribution is 2.39. The van der Waals surface area contributed by atoms with Crippen LogP contribution in [0.15, 0.2) is 0 Å². The SMILES string of the molecule is NC(=O)c1sc(N2CCN3CCCC3C2)c(C(N)=O)c1N. The number of carbonyl (C=O) groups excluding carboxylic acids is 2. The molecule has 2 saturated heterocycles. The van der Waals surface area contributed by atoms with Gasteiger partial charge in [-0.15, -0.1) is 11.3 Å². The summed E-state index contributed by atoms with van der Waals surface area (Å²) in [4.78, 5) is 27.9. The second kappa shape index (κ2) is 5.19. The number of fused-ring (bicyclic) bond motifs is 1. The summed E-state index contributed by atoms with van der Waals surface area (Å²) in [7, 11) is 0. The number of rotatable bonds is 3. The number of piperazine rings is 1. The first kappa shape index (κ1) is 14.2. The lowest BCUT2D eigenvalue weighted by molar-refractivity contribution is 0.0999. The van der Waals surface area contributed by atoms with Gasteiger partial charge in [-0.05, 0) is 19.4 Å². The third-order valence-corrected chi connectivity index (χ3v) is 5.55. The number of primary amides is 2. The number of nitrogens with zero attached hydrogens (tertiary/aromatic N) is 2. The maximum absolute atomic E-state index is 11.7. The molecule has 0 saturated carbocycles. The molecule has 21 heavy (non-hydrogen) atoms. The first-order valence-corrected chi connectivity index (χ1v) is 7.81. The van der Waals surface area contributed by atoms with Gasteiger partial charge in [-0.3, -0.25) is 14.5 Å².